The highest BCUT2D eigenvalue weighted by Crippen LogP contribution is 2.51. The first-order valence-electron chi connectivity index (χ1n) is 9.12. The highest BCUT2D eigenvalue weighted by Gasteiger charge is 2.47. The van der Waals surface area contributed by atoms with Crippen LogP contribution in [0.5, 0.6) is 0 Å². The molecule has 1 atom stereocenters. The average molecular weight is 279 g/mol. The molecule has 3 fully saturated rings. The van der Waals surface area contributed by atoms with Crippen molar-refractivity contribution in [3.05, 3.63) is 0 Å². The summed E-state index contributed by atoms with van der Waals surface area (Å²) < 4.78 is 0. The summed E-state index contributed by atoms with van der Waals surface area (Å²) in [6, 6.07) is 0.704. The van der Waals surface area contributed by atoms with E-state index in [2.05, 4.69) is 12.2 Å². The van der Waals surface area contributed by atoms with E-state index in [4.69, 9.17) is 0 Å². The molecule has 116 valence electrons. The normalized spacial score (nSPS) is 40.5. The van der Waals surface area contributed by atoms with Crippen molar-refractivity contribution in [1.82, 2.24) is 5.32 Å². The molecule has 20 heavy (non-hydrogen) atoms. The van der Waals surface area contributed by atoms with Crippen molar-refractivity contribution in [1.29, 1.82) is 0 Å². The molecule has 0 radical (unpaired) electrons. The summed E-state index contributed by atoms with van der Waals surface area (Å²) >= 11 is 0. The number of rotatable bonds is 4. The molecule has 2 N–H and O–H groups in total. The Labute approximate surface area is 124 Å². The summed E-state index contributed by atoms with van der Waals surface area (Å²) in [5, 5.41) is 14.6. The van der Waals surface area contributed by atoms with Gasteiger partial charge in [0, 0.05) is 12.6 Å². The van der Waals surface area contributed by atoms with Crippen LogP contribution in [-0.2, 0) is 0 Å². The molecule has 1 unspecified atom stereocenters. The number of aliphatic hydroxyl groups is 1. The van der Waals surface area contributed by atoms with Gasteiger partial charge in [0.1, 0.15) is 0 Å². The molecule has 3 rings (SSSR count). The largest absolute Gasteiger partial charge is 0.389 e. The van der Waals surface area contributed by atoms with E-state index in [1.54, 1.807) is 0 Å². The fourth-order valence-corrected chi connectivity index (χ4v) is 4.98. The van der Waals surface area contributed by atoms with E-state index >= 15 is 0 Å². The quantitative estimate of drug-likeness (QED) is 0.814. The van der Waals surface area contributed by atoms with Crippen LogP contribution in [0.4, 0.5) is 0 Å². The lowest BCUT2D eigenvalue weighted by Gasteiger charge is -2.53. The lowest BCUT2D eigenvalue weighted by Crippen LogP contribution is -2.57. The van der Waals surface area contributed by atoms with Gasteiger partial charge in [0.2, 0.25) is 0 Å². The Bertz CT molecular complexity index is 313. The van der Waals surface area contributed by atoms with Crippen LogP contribution in [0.2, 0.25) is 0 Å². The second-order valence-corrected chi connectivity index (χ2v) is 7.97. The summed E-state index contributed by atoms with van der Waals surface area (Å²) in [4.78, 5) is 0. The molecule has 0 aromatic carbocycles. The van der Waals surface area contributed by atoms with Crippen molar-refractivity contribution >= 4 is 0 Å². The zero-order chi connectivity index (χ0) is 14.1. The van der Waals surface area contributed by atoms with Crippen LogP contribution in [0.1, 0.15) is 84.0 Å². The molecule has 0 aliphatic heterocycles. The van der Waals surface area contributed by atoms with Crippen molar-refractivity contribution in [2.45, 2.75) is 95.6 Å². The lowest BCUT2D eigenvalue weighted by molar-refractivity contribution is -0.0332. The van der Waals surface area contributed by atoms with Gasteiger partial charge in [-0.2, -0.15) is 0 Å². The predicted octanol–water partition coefficient (Wildman–Crippen LogP) is 4.02. The fourth-order valence-electron chi connectivity index (χ4n) is 4.98. The molecule has 3 aliphatic rings. The third-order valence-electron chi connectivity index (χ3n) is 6.81. The van der Waals surface area contributed by atoms with Crippen LogP contribution in [0, 0.1) is 11.3 Å². The lowest BCUT2D eigenvalue weighted by atomic mass is 9.57. The number of hydrogen-bond donors (Lipinski definition) is 2. The van der Waals surface area contributed by atoms with Crippen molar-refractivity contribution in [3.8, 4) is 0 Å². The maximum Gasteiger partial charge on any atom is 0.0771 e. The second-order valence-electron chi connectivity index (χ2n) is 7.97. The summed E-state index contributed by atoms with van der Waals surface area (Å²) in [5.41, 5.74) is 0.215. The van der Waals surface area contributed by atoms with Crippen LogP contribution in [0.3, 0.4) is 0 Å². The van der Waals surface area contributed by atoms with Crippen molar-refractivity contribution in [2.24, 2.45) is 11.3 Å². The Balaban J connectivity index is 1.47. The SMILES string of the molecule is CCC1CCC(O)(CNC2CCC23CCCCC3)CC1. The van der Waals surface area contributed by atoms with E-state index in [1.165, 1.54) is 64.2 Å². The standard InChI is InChI=1S/C18H33NO/c1-2-15-6-12-18(20,13-7-15)14-19-16-8-11-17(16)9-4-3-5-10-17/h15-16,19-20H,2-14H2,1H3. The Hall–Kier alpha value is -0.0800. The highest BCUT2D eigenvalue weighted by molar-refractivity contribution is 5.02. The Morgan fingerprint density at radius 3 is 2.20 bits per heavy atom. The van der Waals surface area contributed by atoms with Crippen LogP contribution in [0.25, 0.3) is 0 Å². The minimum atomic E-state index is -0.406. The van der Waals surface area contributed by atoms with Crippen molar-refractivity contribution in [2.75, 3.05) is 6.54 Å². The van der Waals surface area contributed by atoms with Gasteiger partial charge in [0.15, 0.2) is 0 Å². The van der Waals surface area contributed by atoms with E-state index in [0.29, 0.717) is 11.5 Å². The molecular formula is C18H33NO. The van der Waals surface area contributed by atoms with Crippen LogP contribution < -0.4 is 5.32 Å². The van der Waals surface area contributed by atoms with Crippen LogP contribution >= 0.6 is 0 Å². The molecule has 0 aromatic rings. The monoisotopic (exact) mass is 279 g/mol. The van der Waals surface area contributed by atoms with Gasteiger partial charge in [-0.05, 0) is 62.7 Å². The van der Waals surface area contributed by atoms with E-state index in [-0.39, 0.29) is 0 Å². The molecule has 0 amide bonds. The maximum absolute atomic E-state index is 10.8. The molecule has 2 nitrogen and oxygen atoms in total. The predicted molar refractivity (Wildman–Crippen MR) is 83.7 cm³/mol. The number of hydrogen-bond acceptors (Lipinski definition) is 2. The maximum atomic E-state index is 10.8. The molecule has 0 bridgehead atoms. The first kappa shape index (κ1) is 14.8. The van der Waals surface area contributed by atoms with Crippen molar-refractivity contribution in [3.63, 3.8) is 0 Å². The first-order valence-corrected chi connectivity index (χ1v) is 9.12. The Morgan fingerprint density at radius 1 is 0.950 bits per heavy atom. The minimum absolute atomic E-state index is 0.406. The molecule has 0 saturated heterocycles. The van der Waals surface area contributed by atoms with Gasteiger partial charge in [-0.3, -0.25) is 0 Å². The summed E-state index contributed by atoms with van der Waals surface area (Å²) in [6.45, 7) is 3.13. The Morgan fingerprint density at radius 2 is 1.65 bits per heavy atom. The van der Waals surface area contributed by atoms with Crippen molar-refractivity contribution < 1.29 is 5.11 Å². The summed E-state index contributed by atoms with van der Waals surface area (Å²) in [6.07, 6.45) is 15.7. The van der Waals surface area contributed by atoms with Gasteiger partial charge in [-0.15, -0.1) is 0 Å². The summed E-state index contributed by atoms with van der Waals surface area (Å²) in [5.74, 6) is 0.865. The first-order chi connectivity index (χ1) is 9.66. The van der Waals surface area contributed by atoms with Gasteiger partial charge in [-0.1, -0.05) is 32.6 Å². The van der Waals surface area contributed by atoms with E-state index in [0.717, 1.165) is 25.3 Å². The summed E-state index contributed by atoms with van der Waals surface area (Å²) in [7, 11) is 0. The van der Waals surface area contributed by atoms with Gasteiger partial charge in [0.05, 0.1) is 5.60 Å². The zero-order valence-electron chi connectivity index (χ0n) is 13.3. The van der Waals surface area contributed by atoms with Crippen LogP contribution in [-0.4, -0.2) is 23.3 Å². The Kier molecular flexibility index (Phi) is 4.42. The third-order valence-corrected chi connectivity index (χ3v) is 6.81. The highest BCUT2D eigenvalue weighted by atomic mass is 16.3. The smallest absolute Gasteiger partial charge is 0.0771 e. The van der Waals surface area contributed by atoms with E-state index in [9.17, 15) is 5.11 Å². The van der Waals surface area contributed by atoms with Gasteiger partial charge in [-0.25, -0.2) is 0 Å². The van der Waals surface area contributed by atoms with Gasteiger partial charge >= 0.3 is 0 Å². The molecule has 0 heterocycles. The molecule has 3 saturated carbocycles. The van der Waals surface area contributed by atoms with Gasteiger partial charge < -0.3 is 10.4 Å². The molecule has 3 aliphatic carbocycles. The molecule has 2 heteroatoms. The second kappa shape index (κ2) is 5.96. The van der Waals surface area contributed by atoms with E-state index in [1.807, 2.05) is 0 Å². The third kappa shape index (κ3) is 2.92. The molecule has 1 spiro atoms. The molecular weight excluding hydrogens is 246 g/mol. The van der Waals surface area contributed by atoms with Gasteiger partial charge in [0.25, 0.3) is 0 Å². The minimum Gasteiger partial charge on any atom is -0.389 e. The van der Waals surface area contributed by atoms with E-state index < -0.39 is 5.60 Å². The average Bonchev–Trinajstić information content (AvgIpc) is 2.48. The zero-order valence-corrected chi connectivity index (χ0v) is 13.3. The molecule has 0 aromatic heterocycles. The number of nitrogens with one attached hydrogen (secondary N) is 1. The topological polar surface area (TPSA) is 32.3 Å². The van der Waals surface area contributed by atoms with Crippen LogP contribution in [0.15, 0.2) is 0 Å². The fraction of sp³-hybridized carbons (Fsp3) is 1.00.